The summed E-state index contributed by atoms with van der Waals surface area (Å²) in [5.74, 6) is -0.590. The van der Waals surface area contributed by atoms with Crippen LogP contribution in [-0.2, 0) is 19.3 Å². The molecule has 1 heterocycles. The van der Waals surface area contributed by atoms with E-state index in [-0.39, 0.29) is 16.5 Å². The van der Waals surface area contributed by atoms with Crippen LogP contribution in [0.3, 0.4) is 0 Å². The van der Waals surface area contributed by atoms with E-state index < -0.39 is 27.5 Å². The number of hydrogen-bond donors (Lipinski definition) is 1. The van der Waals surface area contributed by atoms with Gasteiger partial charge in [0, 0.05) is 31.1 Å². The average molecular weight is 413 g/mol. The monoisotopic (exact) mass is 412 g/mol. The van der Waals surface area contributed by atoms with Gasteiger partial charge in [-0.15, -0.1) is 0 Å². The zero-order valence-corrected chi connectivity index (χ0v) is 17.8. The Bertz CT molecular complexity index is 836. The zero-order chi connectivity index (χ0) is 21.1. The first-order valence-corrected chi connectivity index (χ1v) is 11.0. The topological polar surface area (TPSA) is 102 Å². The third kappa shape index (κ3) is 6.12. The van der Waals surface area contributed by atoms with Crippen molar-refractivity contribution >= 4 is 27.6 Å². The Morgan fingerprint density at radius 2 is 1.75 bits per heavy atom. The minimum absolute atomic E-state index is 0.0238. The van der Waals surface area contributed by atoms with Gasteiger partial charge in [0.15, 0.2) is 9.84 Å². The number of rotatable bonds is 4. The van der Waals surface area contributed by atoms with Gasteiger partial charge in [-0.3, -0.25) is 0 Å². The van der Waals surface area contributed by atoms with Gasteiger partial charge in [-0.25, -0.2) is 18.0 Å². The van der Waals surface area contributed by atoms with Crippen LogP contribution in [0.2, 0.25) is 0 Å². The highest BCUT2D eigenvalue weighted by Gasteiger charge is 2.25. The summed E-state index contributed by atoms with van der Waals surface area (Å²) in [6.07, 6.45) is 2.01. The van der Waals surface area contributed by atoms with Crippen LogP contribution in [0.15, 0.2) is 23.1 Å². The maximum absolute atomic E-state index is 12.0. The van der Waals surface area contributed by atoms with Crippen LogP contribution in [-0.4, -0.2) is 58.6 Å². The second-order valence-corrected chi connectivity index (χ2v) is 9.90. The van der Waals surface area contributed by atoms with E-state index in [1.165, 1.54) is 13.2 Å². The highest BCUT2D eigenvalue weighted by atomic mass is 32.2. The number of amides is 1. The highest BCUT2D eigenvalue weighted by molar-refractivity contribution is 7.90. The predicted molar refractivity (Wildman–Crippen MR) is 105 cm³/mol. The number of anilines is 1. The molecule has 0 radical (unpaired) electrons. The summed E-state index contributed by atoms with van der Waals surface area (Å²) in [7, 11) is -2.23. The smallest absolute Gasteiger partial charge is 0.407 e. The van der Waals surface area contributed by atoms with Crippen molar-refractivity contribution < 1.29 is 27.5 Å². The number of sulfone groups is 1. The number of nitrogens with zero attached hydrogens (tertiary/aromatic N) is 1. The van der Waals surface area contributed by atoms with Crippen LogP contribution >= 0.6 is 0 Å². The fourth-order valence-corrected chi connectivity index (χ4v) is 3.65. The first-order chi connectivity index (χ1) is 12.9. The first-order valence-electron chi connectivity index (χ1n) is 9.07. The lowest BCUT2D eigenvalue weighted by molar-refractivity contribution is 0.0496. The molecule has 0 bridgehead atoms. The van der Waals surface area contributed by atoms with Gasteiger partial charge in [0.25, 0.3) is 0 Å². The van der Waals surface area contributed by atoms with E-state index in [4.69, 9.17) is 9.47 Å². The Morgan fingerprint density at radius 3 is 2.25 bits per heavy atom. The van der Waals surface area contributed by atoms with Crippen molar-refractivity contribution in [1.29, 1.82) is 0 Å². The van der Waals surface area contributed by atoms with Crippen molar-refractivity contribution in [2.45, 2.75) is 50.2 Å². The number of piperidine rings is 1. The molecule has 1 fully saturated rings. The van der Waals surface area contributed by atoms with E-state index in [9.17, 15) is 18.0 Å². The van der Waals surface area contributed by atoms with Crippen molar-refractivity contribution in [1.82, 2.24) is 5.32 Å². The molecule has 0 aromatic heterocycles. The third-order valence-electron chi connectivity index (χ3n) is 4.32. The number of carbonyl (C=O) groups excluding carboxylic acids is 2. The maximum Gasteiger partial charge on any atom is 0.407 e. The van der Waals surface area contributed by atoms with E-state index in [2.05, 4.69) is 5.32 Å². The van der Waals surface area contributed by atoms with E-state index in [1.807, 2.05) is 25.7 Å². The standard InChI is InChI=1S/C19H28N2O6S/c1-19(2,3)27-18(23)20-14-6-8-21(9-7-14)15-10-13(17(22)26-4)11-16(12-15)28(5,24)25/h10-12,14H,6-9H2,1-5H3,(H,20,23). The van der Waals surface area contributed by atoms with Crippen molar-refractivity contribution in [3.8, 4) is 0 Å². The summed E-state index contributed by atoms with van der Waals surface area (Å²) in [6.45, 7) is 6.64. The second kappa shape index (κ2) is 8.38. The molecule has 1 aliphatic rings. The molecule has 9 heteroatoms. The molecular formula is C19H28N2O6S. The largest absolute Gasteiger partial charge is 0.465 e. The van der Waals surface area contributed by atoms with Crippen LogP contribution in [0.4, 0.5) is 10.5 Å². The summed E-state index contributed by atoms with van der Waals surface area (Å²) in [6, 6.07) is 4.48. The summed E-state index contributed by atoms with van der Waals surface area (Å²) in [4.78, 5) is 25.9. The quantitative estimate of drug-likeness (QED) is 0.758. The molecule has 28 heavy (non-hydrogen) atoms. The molecule has 0 saturated carbocycles. The predicted octanol–water partition coefficient (Wildman–Crippen LogP) is 2.37. The van der Waals surface area contributed by atoms with Crippen molar-refractivity contribution in [3.63, 3.8) is 0 Å². The van der Waals surface area contributed by atoms with Crippen LogP contribution < -0.4 is 10.2 Å². The SMILES string of the molecule is COC(=O)c1cc(N2CCC(NC(=O)OC(C)(C)C)CC2)cc(S(C)(=O)=O)c1. The summed E-state index contributed by atoms with van der Waals surface area (Å²) < 4.78 is 34.0. The fraction of sp³-hybridized carbons (Fsp3) is 0.579. The van der Waals surface area contributed by atoms with Gasteiger partial charge in [-0.1, -0.05) is 0 Å². The van der Waals surface area contributed by atoms with Crippen molar-refractivity contribution in [2.24, 2.45) is 0 Å². The molecule has 1 aromatic carbocycles. The molecule has 0 aliphatic carbocycles. The lowest BCUT2D eigenvalue weighted by Crippen LogP contribution is -2.46. The third-order valence-corrected chi connectivity index (χ3v) is 5.41. The molecule has 156 valence electrons. The molecule has 1 aliphatic heterocycles. The van der Waals surface area contributed by atoms with E-state index in [0.29, 0.717) is 31.6 Å². The van der Waals surface area contributed by atoms with E-state index >= 15 is 0 Å². The minimum Gasteiger partial charge on any atom is -0.465 e. The molecule has 1 N–H and O–H groups in total. The Balaban J connectivity index is 2.11. The lowest BCUT2D eigenvalue weighted by atomic mass is 10.0. The zero-order valence-electron chi connectivity index (χ0n) is 16.9. The molecule has 0 spiro atoms. The summed E-state index contributed by atoms with van der Waals surface area (Å²) >= 11 is 0. The number of hydrogen-bond acceptors (Lipinski definition) is 7. The highest BCUT2D eigenvalue weighted by Crippen LogP contribution is 2.26. The Morgan fingerprint density at radius 1 is 1.14 bits per heavy atom. The van der Waals surface area contributed by atoms with E-state index in [1.54, 1.807) is 12.1 Å². The average Bonchev–Trinajstić information content (AvgIpc) is 2.58. The summed E-state index contributed by atoms with van der Waals surface area (Å²) in [5.41, 5.74) is 0.273. The maximum atomic E-state index is 12.0. The van der Waals surface area contributed by atoms with Crippen molar-refractivity contribution in [3.05, 3.63) is 23.8 Å². The van der Waals surface area contributed by atoms with E-state index in [0.717, 1.165) is 6.26 Å². The number of benzene rings is 1. The van der Waals surface area contributed by atoms with Gasteiger partial charge in [0.05, 0.1) is 17.6 Å². The molecule has 0 unspecified atom stereocenters. The molecule has 0 atom stereocenters. The Kier molecular flexibility index (Phi) is 6.59. The first kappa shape index (κ1) is 22.0. The molecule has 1 saturated heterocycles. The van der Waals surface area contributed by atoms with Crippen LogP contribution in [0, 0.1) is 0 Å². The lowest BCUT2D eigenvalue weighted by Gasteiger charge is -2.34. The number of ether oxygens (including phenoxy) is 2. The number of carbonyl (C=O) groups is 2. The normalized spacial score (nSPS) is 15.8. The molecule has 2 rings (SSSR count). The fourth-order valence-electron chi connectivity index (χ4n) is 2.97. The molecule has 1 amide bonds. The van der Waals surface area contributed by atoms with Crippen LogP contribution in [0.25, 0.3) is 0 Å². The van der Waals surface area contributed by atoms with Crippen LogP contribution in [0.5, 0.6) is 0 Å². The molecular weight excluding hydrogens is 384 g/mol. The molecule has 1 aromatic rings. The van der Waals surface area contributed by atoms with Gasteiger partial charge in [-0.05, 0) is 51.8 Å². The number of alkyl carbamates (subject to hydrolysis) is 1. The summed E-state index contributed by atoms with van der Waals surface area (Å²) in [5, 5.41) is 2.86. The van der Waals surface area contributed by atoms with Gasteiger partial charge >= 0.3 is 12.1 Å². The van der Waals surface area contributed by atoms with Gasteiger partial charge < -0.3 is 19.7 Å². The van der Waals surface area contributed by atoms with Crippen LogP contribution in [0.1, 0.15) is 44.0 Å². The Labute approximate surface area is 166 Å². The van der Waals surface area contributed by atoms with Gasteiger partial charge in [-0.2, -0.15) is 0 Å². The second-order valence-electron chi connectivity index (χ2n) is 7.89. The minimum atomic E-state index is -3.48. The number of nitrogens with one attached hydrogen (secondary N) is 1. The van der Waals surface area contributed by atoms with Gasteiger partial charge in [0.1, 0.15) is 5.60 Å². The molecule has 8 nitrogen and oxygen atoms in total. The Hall–Kier alpha value is -2.29. The number of esters is 1. The number of methoxy groups -OCH3 is 1. The van der Waals surface area contributed by atoms with Gasteiger partial charge in [0.2, 0.25) is 0 Å². The van der Waals surface area contributed by atoms with Crippen molar-refractivity contribution in [2.75, 3.05) is 31.4 Å².